The average Bonchev–Trinajstić information content (AvgIpc) is 4.36. The van der Waals surface area contributed by atoms with Gasteiger partial charge in [0.15, 0.2) is 5.13 Å². The van der Waals surface area contributed by atoms with Gasteiger partial charge in [0.2, 0.25) is 11.8 Å². The molecule has 8 aromatic rings. The number of thiazole rings is 6. The largest absolute Gasteiger partial charge is 0.449 e. The van der Waals surface area contributed by atoms with Crippen LogP contribution in [0.2, 0.25) is 0 Å². The Labute approximate surface area is 468 Å². The number of aromatic nitrogens is 7. The van der Waals surface area contributed by atoms with E-state index in [9.17, 15) is 33.9 Å². The van der Waals surface area contributed by atoms with E-state index in [2.05, 4.69) is 46.9 Å². The van der Waals surface area contributed by atoms with Crippen molar-refractivity contribution in [1.29, 1.82) is 0 Å². The van der Waals surface area contributed by atoms with Gasteiger partial charge in [-0.3, -0.25) is 34.6 Å². The van der Waals surface area contributed by atoms with Crippen LogP contribution in [0.1, 0.15) is 101 Å². The van der Waals surface area contributed by atoms with E-state index in [1.165, 1.54) is 59.5 Å². The molecule has 23 nitrogen and oxygen atoms in total. The number of rotatable bonds is 13. The molecule has 0 radical (unpaired) electrons. The number of benzene rings is 1. The Balaban J connectivity index is 1.09. The normalized spacial score (nSPS) is 15.4. The Hall–Kier alpha value is -7.35. The fraction of sp³-hybridized carbons (Fsp3) is 0.286. The van der Waals surface area contributed by atoms with E-state index in [-0.39, 0.29) is 52.7 Å². The quantitative estimate of drug-likeness (QED) is 0.0533. The number of unbranched alkanes of at least 4 members (excludes halogenated alkanes) is 2. The van der Waals surface area contributed by atoms with E-state index < -0.39 is 60.4 Å². The summed E-state index contributed by atoms with van der Waals surface area (Å²) in [6, 6.07) is 10.2. The van der Waals surface area contributed by atoms with Crippen LogP contribution in [0.4, 0.5) is 15.7 Å². The summed E-state index contributed by atoms with van der Waals surface area (Å²) in [5.74, 6) is -2.82. The molecule has 0 spiro atoms. The molecule has 10 bridgehead atoms. The second kappa shape index (κ2) is 25.4. The second-order valence-electron chi connectivity index (χ2n) is 17.0. The highest BCUT2D eigenvalue weighted by molar-refractivity contribution is 7.16. The van der Waals surface area contributed by atoms with Gasteiger partial charge in [-0.2, -0.15) is 0 Å². The minimum Gasteiger partial charge on any atom is -0.449 e. The zero-order valence-electron chi connectivity index (χ0n) is 41.6. The van der Waals surface area contributed by atoms with E-state index in [1.54, 1.807) is 70.9 Å². The summed E-state index contributed by atoms with van der Waals surface area (Å²) in [6.07, 6.45) is 0.200. The Morgan fingerprint density at radius 3 is 2.31 bits per heavy atom. The molecule has 0 aliphatic carbocycles. The van der Waals surface area contributed by atoms with Gasteiger partial charge in [0.25, 0.3) is 17.7 Å². The summed E-state index contributed by atoms with van der Waals surface area (Å²) in [5.41, 5.74) is 8.17. The minimum atomic E-state index is -1.27. The molecule has 8 heterocycles. The SMILES string of the molecule is CNC(=O)C[C@@H]1NC(=O)c2csc(n2)-c2ccc(-c3nc(NC(=O)OCCCCCN)cs3)nc2-c2csc(n2)-c2csc(n2)[C@H]([C@@H](O)c2ccccc2)NC(=O)CNC(=O)c2nc(sc2COC)NC(=O)c2nc1sc2C. The molecule has 1 aliphatic rings. The smallest absolute Gasteiger partial charge is 0.412 e. The number of nitrogens with one attached hydrogen (secondary N) is 6. The third-order valence-corrected chi connectivity index (χ3v) is 17.1. The van der Waals surface area contributed by atoms with Crippen molar-refractivity contribution in [1.82, 2.24) is 56.2 Å². The molecule has 0 fully saturated rings. The number of aryl methyl sites for hydroxylation is 1. The molecule has 1 aromatic carbocycles. The van der Waals surface area contributed by atoms with E-state index >= 15 is 0 Å². The van der Waals surface area contributed by atoms with E-state index in [0.29, 0.717) is 76.7 Å². The number of pyridine rings is 1. The molecule has 29 heteroatoms. The van der Waals surface area contributed by atoms with E-state index in [1.807, 2.05) is 0 Å². The third-order valence-electron chi connectivity index (χ3n) is 11.5. The summed E-state index contributed by atoms with van der Waals surface area (Å²) >= 11 is 6.97. The maximum atomic E-state index is 14.2. The van der Waals surface area contributed by atoms with Crippen molar-refractivity contribution in [3.8, 4) is 43.4 Å². The van der Waals surface area contributed by atoms with E-state index in [4.69, 9.17) is 35.1 Å². The first-order valence-corrected chi connectivity index (χ1v) is 29.0. The van der Waals surface area contributed by atoms with Crippen molar-refractivity contribution in [2.75, 3.05) is 44.5 Å². The number of anilines is 2. The third kappa shape index (κ3) is 13.1. The zero-order valence-corrected chi connectivity index (χ0v) is 46.5. The molecule has 3 atom stereocenters. The molecular weight excluding hydrogens is 1120 g/mol. The zero-order chi connectivity index (χ0) is 54.9. The van der Waals surface area contributed by atoms with Crippen molar-refractivity contribution in [3.63, 3.8) is 0 Å². The van der Waals surface area contributed by atoms with Crippen LogP contribution in [-0.4, -0.2) is 109 Å². The maximum Gasteiger partial charge on any atom is 0.412 e. The van der Waals surface area contributed by atoms with Crippen LogP contribution in [0.25, 0.3) is 43.4 Å². The van der Waals surface area contributed by atoms with Gasteiger partial charge in [0.05, 0.1) is 42.8 Å². The van der Waals surface area contributed by atoms with Crippen molar-refractivity contribution in [2.24, 2.45) is 5.73 Å². The molecule has 0 unspecified atom stereocenters. The molecule has 0 saturated carbocycles. The molecular formula is C49H48N14O9S6. The number of carbonyl (C=O) groups excluding carboxylic acids is 6. The lowest BCUT2D eigenvalue weighted by Crippen LogP contribution is -2.40. The van der Waals surface area contributed by atoms with Gasteiger partial charge >= 0.3 is 6.09 Å². The van der Waals surface area contributed by atoms with Crippen LogP contribution in [0.3, 0.4) is 0 Å². The van der Waals surface area contributed by atoms with Gasteiger partial charge in [-0.1, -0.05) is 41.7 Å². The summed E-state index contributed by atoms with van der Waals surface area (Å²) < 4.78 is 10.7. The lowest BCUT2D eigenvalue weighted by Gasteiger charge is -2.23. The molecule has 6 amide bonds. The average molecular weight is 1170 g/mol. The number of nitrogens with zero attached hydrogens (tertiary/aromatic N) is 7. The molecule has 9 rings (SSSR count). The number of hydrogen-bond acceptors (Lipinski definition) is 23. The number of methoxy groups -OCH3 is 1. The van der Waals surface area contributed by atoms with Crippen LogP contribution in [-0.2, 0) is 25.7 Å². The number of aliphatic hydroxyl groups excluding tert-OH is 1. The number of nitrogens with two attached hydrogens (primary N) is 1. The summed E-state index contributed by atoms with van der Waals surface area (Å²) in [4.78, 5) is 115. The second-order valence-corrected chi connectivity index (χ2v) is 22.8. The highest BCUT2D eigenvalue weighted by atomic mass is 32.1. The van der Waals surface area contributed by atoms with Crippen LogP contribution in [0.5, 0.6) is 0 Å². The topological polar surface area (TPSA) is 330 Å². The Morgan fingerprint density at radius 2 is 1.51 bits per heavy atom. The fourth-order valence-corrected chi connectivity index (χ4v) is 12.9. The van der Waals surface area contributed by atoms with Crippen molar-refractivity contribution in [2.45, 2.75) is 57.4 Å². The highest BCUT2D eigenvalue weighted by Crippen LogP contribution is 2.40. The number of fused-ring (bicyclic) bond motifs is 14. The number of amides is 6. The van der Waals surface area contributed by atoms with Gasteiger partial charge in [0, 0.05) is 46.1 Å². The summed E-state index contributed by atoms with van der Waals surface area (Å²) in [7, 11) is 2.89. The van der Waals surface area contributed by atoms with Gasteiger partial charge in [0.1, 0.15) is 77.2 Å². The first-order valence-electron chi connectivity index (χ1n) is 23.9. The van der Waals surface area contributed by atoms with Crippen LogP contribution < -0.4 is 37.6 Å². The Morgan fingerprint density at radius 1 is 0.756 bits per heavy atom. The molecule has 7 aromatic heterocycles. The summed E-state index contributed by atoms with van der Waals surface area (Å²) in [6.45, 7) is 1.89. The number of hydrogen-bond donors (Lipinski definition) is 8. The lowest BCUT2D eigenvalue weighted by molar-refractivity contribution is -0.122. The first-order chi connectivity index (χ1) is 37.8. The van der Waals surface area contributed by atoms with Crippen LogP contribution >= 0.6 is 68.0 Å². The highest BCUT2D eigenvalue weighted by Gasteiger charge is 2.31. The van der Waals surface area contributed by atoms with Crippen molar-refractivity contribution < 1.29 is 43.3 Å². The first kappa shape index (κ1) is 55.4. The van der Waals surface area contributed by atoms with Gasteiger partial charge in [-0.15, -0.1) is 56.7 Å². The Kier molecular flexibility index (Phi) is 18.1. The van der Waals surface area contributed by atoms with Gasteiger partial charge in [-0.05, 0) is 50.4 Å². The van der Waals surface area contributed by atoms with Crippen molar-refractivity contribution >= 4 is 115 Å². The summed E-state index contributed by atoms with van der Waals surface area (Å²) in [5, 5.41) is 36.8. The van der Waals surface area contributed by atoms with E-state index in [0.717, 1.165) is 35.5 Å². The lowest BCUT2D eigenvalue weighted by atomic mass is 10.0. The monoisotopic (exact) mass is 1170 g/mol. The molecule has 404 valence electrons. The van der Waals surface area contributed by atoms with Crippen LogP contribution in [0.15, 0.2) is 64.0 Å². The predicted molar refractivity (Wildman–Crippen MR) is 298 cm³/mol. The van der Waals surface area contributed by atoms with Crippen LogP contribution in [0, 0.1) is 6.92 Å². The molecule has 1 aliphatic heterocycles. The molecule has 9 N–H and O–H groups in total. The predicted octanol–water partition coefficient (Wildman–Crippen LogP) is 7.11. The molecule has 78 heavy (non-hydrogen) atoms. The van der Waals surface area contributed by atoms with Gasteiger partial charge < -0.3 is 41.6 Å². The maximum absolute atomic E-state index is 14.2. The number of carbonyl (C=O) groups is 6. The standard InChI is InChI=1S/C49H48N14O9S6/c1-23-35-42(69)63-48-62-37(31(78-48)18-71-3)41(68)52-17-34(65)60-38(39(66)24-10-6-4-7-11-24)47-57-30(21-75-47)45-55-28(19-74-45)36-25(43-56-29(20-73-43)40(67)54-27(16-33(64)51-2)46(61-35)77-23)12-13-26(53-36)44-58-32(22-76-44)59-49(70)72-15-9-5-8-14-50/h4,6-7,10-13,19-22,27,38-39,66H,5,8-9,14-18,50H2,1-3H3,(H,51,64)(H,52,68)(H,54,67)(H,59,70)(H,60,65)(H,62,63,69)/t27-,38-,39-/m0/s1. The Bertz CT molecular complexity index is 3480. The number of aliphatic hydroxyl groups is 1. The molecule has 0 saturated heterocycles. The van der Waals surface area contributed by atoms with Gasteiger partial charge in [-0.25, -0.2) is 39.7 Å². The fourth-order valence-electron chi connectivity index (χ4n) is 7.71. The number of ether oxygens (including phenoxy) is 2. The van der Waals surface area contributed by atoms with Crippen molar-refractivity contribution in [3.05, 3.63) is 106 Å². The minimum absolute atomic E-state index is 0.00728.